The molecule has 1 aromatic rings. The predicted octanol–water partition coefficient (Wildman–Crippen LogP) is 7.12. The number of carbonyl (C=O) groups is 2. The monoisotopic (exact) mass is 432 g/mol. The number of aryl methyl sites for hydroxylation is 1. The zero-order valence-corrected chi connectivity index (χ0v) is 20.1. The summed E-state index contributed by atoms with van der Waals surface area (Å²) in [7, 11) is 0. The summed E-state index contributed by atoms with van der Waals surface area (Å²) in [6.45, 7) is 4.75. The van der Waals surface area contributed by atoms with Crippen molar-refractivity contribution in [1.82, 2.24) is 0 Å². The van der Waals surface area contributed by atoms with Crippen molar-refractivity contribution in [3.63, 3.8) is 0 Å². The lowest BCUT2D eigenvalue weighted by Crippen LogP contribution is -2.52. The van der Waals surface area contributed by atoms with E-state index in [1.165, 1.54) is 49.7 Å². The van der Waals surface area contributed by atoms with E-state index in [0.717, 1.165) is 32.1 Å². The van der Waals surface area contributed by atoms with Crippen LogP contribution in [0.1, 0.15) is 90.0 Å². The Kier molecular flexibility index (Phi) is 5.93. The van der Waals surface area contributed by atoms with Crippen molar-refractivity contribution in [1.29, 1.82) is 0 Å². The Morgan fingerprint density at radius 3 is 2.47 bits per heavy atom. The molecule has 4 aliphatic carbocycles. The second kappa shape index (κ2) is 8.58. The molecule has 0 aliphatic heterocycles. The second-order valence-electron chi connectivity index (χ2n) is 11.8. The zero-order valence-electron chi connectivity index (χ0n) is 20.1. The van der Waals surface area contributed by atoms with E-state index < -0.39 is 0 Å². The molecule has 0 unspecified atom stereocenters. The van der Waals surface area contributed by atoms with Gasteiger partial charge in [-0.2, -0.15) is 0 Å². The lowest BCUT2D eigenvalue weighted by molar-refractivity contribution is -0.133. The first kappa shape index (κ1) is 22.1. The molecule has 172 valence electrons. The van der Waals surface area contributed by atoms with Crippen LogP contribution in [0.2, 0.25) is 0 Å². The molecule has 3 fully saturated rings. The molecular weight excluding hydrogens is 392 g/mol. The molecule has 0 amide bonds. The Morgan fingerprint density at radius 1 is 0.875 bits per heavy atom. The highest BCUT2D eigenvalue weighted by molar-refractivity contribution is 5.92. The molecule has 0 radical (unpaired) electrons. The van der Waals surface area contributed by atoms with Crippen molar-refractivity contribution in [2.24, 2.45) is 34.5 Å². The average molecular weight is 433 g/mol. The van der Waals surface area contributed by atoms with Crippen LogP contribution < -0.4 is 0 Å². The summed E-state index contributed by atoms with van der Waals surface area (Å²) in [5.74, 6) is 3.33. The quantitative estimate of drug-likeness (QED) is 0.449. The van der Waals surface area contributed by atoms with E-state index in [1.807, 2.05) is 0 Å². The summed E-state index contributed by atoms with van der Waals surface area (Å²) < 4.78 is 0. The predicted molar refractivity (Wildman–Crippen MR) is 129 cm³/mol. The minimum atomic E-state index is -0.0660. The van der Waals surface area contributed by atoms with Crippen molar-refractivity contribution < 1.29 is 9.59 Å². The van der Waals surface area contributed by atoms with Crippen LogP contribution in [-0.4, -0.2) is 11.6 Å². The molecule has 0 saturated heterocycles. The summed E-state index contributed by atoms with van der Waals surface area (Å²) in [5, 5.41) is 0. The topological polar surface area (TPSA) is 34.1 Å². The number of rotatable bonds is 6. The lowest BCUT2D eigenvalue weighted by Gasteiger charge is -2.59. The molecule has 5 rings (SSSR count). The van der Waals surface area contributed by atoms with Gasteiger partial charge in [0.1, 0.15) is 5.78 Å². The fourth-order valence-electron chi connectivity index (χ4n) is 8.37. The Labute approximate surface area is 194 Å². The fourth-order valence-corrected chi connectivity index (χ4v) is 8.37. The van der Waals surface area contributed by atoms with Crippen LogP contribution >= 0.6 is 0 Å². The van der Waals surface area contributed by atoms with Crippen molar-refractivity contribution in [3.05, 3.63) is 47.5 Å². The molecule has 2 heteroatoms. The van der Waals surface area contributed by atoms with E-state index in [4.69, 9.17) is 0 Å². The SMILES string of the molecule is C[C@]12CCC(=O)C=C1[C@@H](CCCCCc1ccccc1)C[C@@H]1[C@@H]2CC[C@]2(C)C(=O)CC[C@@H]12. The molecule has 0 spiro atoms. The van der Waals surface area contributed by atoms with E-state index in [1.54, 1.807) is 0 Å². The molecule has 2 nitrogen and oxygen atoms in total. The number of hydrogen-bond acceptors (Lipinski definition) is 2. The van der Waals surface area contributed by atoms with Crippen molar-refractivity contribution in [2.45, 2.75) is 90.9 Å². The summed E-state index contributed by atoms with van der Waals surface area (Å²) in [5.41, 5.74) is 3.04. The van der Waals surface area contributed by atoms with Gasteiger partial charge in [-0.1, -0.05) is 62.6 Å². The van der Waals surface area contributed by atoms with E-state index >= 15 is 0 Å². The average Bonchev–Trinajstić information content (AvgIpc) is 3.10. The maximum atomic E-state index is 12.8. The van der Waals surface area contributed by atoms with Gasteiger partial charge in [0.05, 0.1) is 0 Å². The number of hydrogen-bond donors (Lipinski definition) is 0. The number of allylic oxidation sites excluding steroid dienone is 1. The number of ketones is 2. The molecule has 4 aliphatic rings. The Hall–Kier alpha value is -1.70. The first-order valence-electron chi connectivity index (χ1n) is 13.2. The van der Waals surface area contributed by atoms with Gasteiger partial charge in [0.15, 0.2) is 5.78 Å². The van der Waals surface area contributed by atoms with Crippen molar-refractivity contribution >= 4 is 11.6 Å². The fraction of sp³-hybridized carbons (Fsp3) is 0.667. The van der Waals surface area contributed by atoms with Gasteiger partial charge in [-0.3, -0.25) is 9.59 Å². The molecule has 6 atom stereocenters. The Balaban J connectivity index is 1.30. The third-order valence-corrected chi connectivity index (χ3v) is 10.2. The third-order valence-electron chi connectivity index (χ3n) is 10.2. The molecule has 0 N–H and O–H groups in total. The van der Waals surface area contributed by atoms with E-state index in [2.05, 4.69) is 50.3 Å². The summed E-state index contributed by atoms with van der Waals surface area (Å²) in [4.78, 5) is 25.3. The van der Waals surface area contributed by atoms with Gasteiger partial charge in [-0.05, 0) is 92.1 Å². The maximum Gasteiger partial charge on any atom is 0.155 e. The minimum Gasteiger partial charge on any atom is -0.299 e. The molecular formula is C30H40O2. The van der Waals surface area contributed by atoms with Crippen LogP contribution in [0.25, 0.3) is 0 Å². The maximum absolute atomic E-state index is 12.8. The van der Waals surface area contributed by atoms with Crippen LogP contribution in [0.4, 0.5) is 0 Å². The number of benzene rings is 1. The smallest absolute Gasteiger partial charge is 0.155 e. The van der Waals surface area contributed by atoms with Crippen LogP contribution in [0.3, 0.4) is 0 Å². The third kappa shape index (κ3) is 3.72. The molecule has 32 heavy (non-hydrogen) atoms. The van der Waals surface area contributed by atoms with Gasteiger partial charge < -0.3 is 0 Å². The standard InChI is InChI=1S/C30H40O2/c1-29-17-15-23(31)20-27(29)22(12-8-4-7-11-21-9-5-3-6-10-21)19-24-25-13-14-28(32)30(25,2)18-16-26(24)29/h3,5-6,9-10,20,22,24-26H,4,7-8,11-19H2,1-2H3/t22-,24-,25-,26-,29+,30-/m0/s1. The van der Waals surface area contributed by atoms with Gasteiger partial charge in [0.2, 0.25) is 0 Å². The molecule has 1 aromatic carbocycles. The molecule has 3 saturated carbocycles. The number of fused-ring (bicyclic) bond motifs is 5. The van der Waals surface area contributed by atoms with Gasteiger partial charge in [-0.15, -0.1) is 0 Å². The summed E-state index contributed by atoms with van der Waals surface area (Å²) in [6.07, 6.45) is 15.3. The Morgan fingerprint density at radius 2 is 1.66 bits per heavy atom. The van der Waals surface area contributed by atoms with Gasteiger partial charge >= 0.3 is 0 Å². The highest BCUT2D eigenvalue weighted by Crippen LogP contribution is 2.65. The van der Waals surface area contributed by atoms with E-state index in [9.17, 15) is 9.59 Å². The molecule has 0 bridgehead atoms. The van der Waals surface area contributed by atoms with E-state index in [-0.39, 0.29) is 10.8 Å². The highest BCUT2D eigenvalue weighted by atomic mass is 16.1. The summed E-state index contributed by atoms with van der Waals surface area (Å²) >= 11 is 0. The van der Waals surface area contributed by atoms with Gasteiger partial charge in [0, 0.05) is 18.3 Å². The number of unbranched alkanes of at least 4 members (excludes halogenated alkanes) is 2. The highest BCUT2D eigenvalue weighted by Gasteiger charge is 2.60. The number of carbonyl (C=O) groups excluding carboxylic acids is 2. The minimum absolute atomic E-state index is 0.0660. The summed E-state index contributed by atoms with van der Waals surface area (Å²) in [6, 6.07) is 10.8. The second-order valence-corrected chi connectivity index (χ2v) is 11.8. The first-order chi connectivity index (χ1) is 15.4. The first-order valence-corrected chi connectivity index (χ1v) is 13.2. The number of Topliss-reactive ketones (excluding diaryl/α,β-unsaturated/α-hetero) is 1. The van der Waals surface area contributed by atoms with Gasteiger partial charge in [0.25, 0.3) is 0 Å². The van der Waals surface area contributed by atoms with Gasteiger partial charge in [-0.25, -0.2) is 0 Å². The van der Waals surface area contributed by atoms with Crippen molar-refractivity contribution in [3.8, 4) is 0 Å². The van der Waals surface area contributed by atoms with Crippen LogP contribution in [0.15, 0.2) is 42.0 Å². The van der Waals surface area contributed by atoms with Crippen molar-refractivity contribution in [2.75, 3.05) is 0 Å². The normalized spacial score (nSPS) is 38.6. The van der Waals surface area contributed by atoms with Crippen LogP contribution in [0, 0.1) is 34.5 Å². The van der Waals surface area contributed by atoms with Crippen LogP contribution in [-0.2, 0) is 16.0 Å². The zero-order chi connectivity index (χ0) is 22.3. The molecule has 0 aromatic heterocycles. The Bertz CT molecular complexity index is 899. The van der Waals surface area contributed by atoms with E-state index in [0.29, 0.717) is 41.7 Å². The lowest BCUT2D eigenvalue weighted by atomic mass is 9.45. The van der Waals surface area contributed by atoms with Crippen LogP contribution in [0.5, 0.6) is 0 Å². The molecule has 0 heterocycles. The largest absolute Gasteiger partial charge is 0.299 e.